The summed E-state index contributed by atoms with van der Waals surface area (Å²) in [5.74, 6) is 0. The largest absolute Gasteiger partial charge is 0.337 e. The minimum atomic E-state index is -0.730. The first kappa shape index (κ1) is 10.2. The van der Waals surface area contributed by atoms with Crippen molar-refractivity contribution in [2.24, 2.45) is 0 Å². The molecule has 6 nitrogen and oxygen atoms in total. The Morgan fingerprint density at radius 2 is 2.29 bits per heavy atom. The van der Waals surface area contributed by atoms with Crippen molar-refractivity contribution >= 4 is 6.03 Å². The highest BCUT2D eigenvalue weighted by atomic mass is 16.2. The van der Waals surface area contributed by atoms with Crippen molar-refractivity contribution in [3.63, 3.8) is 0 Å². The fourth-order valence-corrected chi connectivity index (χ4v) is 0.894. The number of nitrogens with zero attached hydrogens (tertiary/aromatic N) is 1. The lowest BCUT2D eigenvalue weighted by Crippen LogP contribution is -2.39. The van der Waals surface area contributed by atoms with Gasteiger partial charge in [0.2, 0.25) is 0 Å². The molecule has 0 saturated carbocycles. The van der Waals surface area contributed by atoms with Gasteiger partial charge in [0, 0.05) is 18.8 Å². The van der Waals surface area contributed by atoms with E-state index in [9.17, 15) is 14.4 Å². The van der Waals surface area contributed by atoms with E-state index in [1.54, 1.807) is 0 Å². The number of hydrogen-bond donors (Lipinski definition) is 2. The summed E-state index contributed by atoms with van der Waals surface area (Å²) in [5, 5.41) is 2.51. The molecular weight excluding hydrogens is 186 g/mol. The fourth-order valence-electron chi connectivity index (χ4n) is 0.894. The molecule has 0 fully saturated rings. The van der Waals surface area contributed by atoms with Crippen LogP contribution in [0.5, 0.6) is 0 Å². The van der Waals surface area contributed by atoms with Crippen molar-refractivity contribution in [3.8, 4) is 0 Å². The summed E-state index contributed by atoms with van der Waals surface area (Å²) >= 11 is 0. The molecule has 0 atom stereocenters. The van der Waals surface area contributed by atoms with E-state index in [0.29, 0.717) is 6.54 Å². The van der Waals surface area contributed by atoms with E-state index in [0.717, 1.165) is 23.3 Å². The molecular formula is C8H11N3O3. The van der Waals surface area contributed by atoms with Crippen molar-refractivity contribution in [2.45, 2.75) is 13.3 Å². The summed E-state index contributed by atoms with van der Waals surface area (Å²) in [4.78, 5) is 35.0. The average molecular weight is 197 g/mol. The minimum absolute atomic E-state index is 0.490. The van der Waals surface area contributed by atoms with Crippen LogP contribution in [0, 0.1) is 0 Å². The number of aromatic nitrogens is 2. The van der Waals surface area contributed by atoms with Crippen molar-refractivity contribution < 1.29 is 4.79 Å². The van der Waals surface area contributed by atoms with Gasteiger partial charge in [0.25, 0.3) is 5.56 Å². The molecule has 1 rings (SSSR count). The molecule has 0 spiro atoms. The van der Waals surface area contributed by atoms with E-state index >= 15 is 0 Å². The summed E-state index contributed by atoms with van der Waals surface area (Å²) in [5.41, 5.74) is -1.25. The predicted molar refractivity (Wildman–Crippen MR) is 50.4 cm³/mol. The topological polar surface area (TPSA) is 84.0 Å². The van der Waals surface area contributed by atoms with E-state index in [1.807, 2.05) is 11.9 Å². The molecule has 1 amide bonds. The van der Waals surface area contributed by atoms with Gasteiger partial charge < -0.3 is 5.32 Å². The molecule has 0 saturated heterocycles. The second-order valence-corrected chi connectivity index (χ2v) is 2.71. The predicted octanol–water partition coefficient (Wildman–Crippen LogP) is -0.496. The van der Waals surface area contributed by atoms with E-state index in [-0.39, 0.29) is 0 Å². The van der Waals surface area contributed by atoms with E-state index < -0.39 is 17.3 Å². The maximum atomic E-state index is 11.3. The Morgan fingerprint density at radius 1 is 1.57 bits per heavy atom. The Kier molecular flexibility index (Phi) is 3.22. The van der Waals surface area contributed by atoms with Gasteiger partial charge in [-0.2, -0.15) is 0 Å². The van der Waals surface area contributed by atoms with Crippen LogP contribution in [0.4, 0.5) is 4.79 Å². The van der Waals surface area contributed by atoms with Crippen LogP contribution in [-0.4, -0.2) is 22.1 Å². The Labute approximate surface area is 79.6 Å². The van der Waals surface area contributed by atoms with Crippen LogP contribution in [0.1, 0.15) is 13.3 Å². The number of carbonyl (C=O) groups excluding carboxylic acids is 1. The molecule has 0 aliphatic rings. The number of hydrogen-bond acceptors (Lipinski definition) is 3. The molecule has 0 aliphatic heterocycles. The number of amides is 1. The first-order chi connectivity index (χ1) is 6.65. The first-order valence-corrected chi connectivity index (χ1v) is 4.25. The van der Waals surface area contributed by atoms with Crippen LogP contribution in [0.2, 0.25) is 0 Å². The second-order valence-electron chi connectivity index (χ2n) is 2.71. The van der Waals surface area contributed by atoms with Gasteiger partial charge >= 0.3 is 11.7 Å². The third-order valence-corrected chi connectivity index (χ3v) is 1.57. The maximum Gasteiger partial charge on any atom is 0.336 e. The zero-order valence-electron chi connectivity index (χ0n) is 7.74. The number of nitrogens with one attached hydrogen (secondary N) is 2. The molecule has 6 heteroatoms. The molecule has 0 unspecified atom stereocenters. The minimum Gasteiger partial charge on any atom is -0.337 e. The van der Waals surface area contributed by atoms with Crippen LogP contribution in [0.15, 0.2) is 21.9 Å². The van der Waals surface area contributed by atoms with Gasteiger partial charge in [-0.3, -0.25) is 9.78 Å². The quantitative estimate of drug-likeness (QED) is 0.670. The van der Waals surface area contributed by atoms with E-state index in [2.05, 4.69) is 5.32 Å². The Hall–Kier alpha value is -1.85. The Morgan fingerprint density at radius 3 is 2.86 bits per heavy atom. The molecule has 2 N–H and O–H groups in total. The highest BCUT2D eigenvalue weighted by Gasteiger charge is 2.04. The lowest BCUT2D eigenvalue weighted by molar-refractivity contribution is 0.241. The van der Waals surface area contributed by atoms with Crippen LogP contribution in [0.25, 0.3) is 0 Å². The first-order valence-electron chi connectivity index (χ1n) is 4.25. The summed E-state index contributed by atoms with van der Waals surface area (Å²) in [6, 6.07) is 0.584. The SMILES string of the molecule is CCCNC(=O)n1ccc(=O)[nH]c1=O. The smallest absolute Gasteiger partial charge is 0.336 e. The number of rotatable bonds is 2. The maximum absolute atomic E-state index is 11.3. The lowest BCUT2D eigenvalue weighted by Gasteiger charge is -2.03. The number of H-pyrrole nitrogens is 1. The molecule has 76 valence electrons. The summed E-state index contributed by atoms with van der Waals surface area (Å²) in [6.07, 6.45) is 1.93. The zero-order valence-corrected chi connectivity index (χ0v) is 7.74. The summed E-state index contributed by atoms with van der Waals surface area (Å²) < 4.78 is 0.817. The Bertz CT molecular complexity index is 432. The van der Waals surface area contributed by atoms with Gasteiger partial charge in [0.15, 0.2) is 0 Å². The number of carbonyl (C=O) groups is 1. The normalized spacial score (nSPS) is 9.79. The van der Waals surface area contributed by atoms with Crippen molar-refractivity contribution in [1.29, 1.82) is 0 Å². The molecule has 1 aromatic rings. The average Bonchev–Trinajstić information content (AvgIpc) is 2.14. The standard InChI is InChI=1S/C8H11N3O3/c1-2-4-9-7(13)11-5-3-6(12)10-8(11)14/h3,5H,2,4H2,1H3,(H,9,13)(H,10,12,14). The van der Waals surface area contributed by atoms with Gasteiger partial charge in [0.1, 0.15) is 0 Å². The number of aromatic amines is 1. The Balaban J connectivity index is 2.91. The van der Waals surface area contributed by atoms with Gasteiger partial charge in [-0.15, -0.1) is 0 Å². The zero-order chi connectivity index (χ0) is 10.6. The third-order valence-electron chi connectivity index (χ3n) is 1.57. The second kappa shape index (κ2) is 4.40. The van der Waals surface area contributed by atoms with Crippen molar-refractivity contribution in [1.82, 2.24) is 14.9 Å². The van der Waals surface area contributed by atoms with Crippen molar-refractivity contribution in [2.75, 3.05) is 6.54 Å². The van der Waals surface area contributed by atoms with Gasteiger partial charge in [-0.25, -0.2) is 14.2 Å². The monoisotopic (exact) mass is 197 g/mol. The summed E-state index contributed by atoms with van der Waals surface area (Å²) in [7, 11) is 0. The van der Waals surface area contributed by atoms with Crippen LogP contribution in [-0.2, 0) is 0 Å². The van der Waals surface area contributed by atoms with Crippen LogP contribution in [0.3, 0.4) is 0 Å². The van der Waals surface area contributed by atoms with Gasteiger partial charge in [0.05, 0.1) is 0 Å². The fraction of sp³-hybridized carbons (Fsp3) is 0.375. The van der Waals surface area contributed by atoms with Crippen LogP contribution >= 0.6 is 0 Å². The molecule has 1 heterocycles. The van der Waals surface area contributed by atoms with Gasteiger partial charge in [-0.05, 0) is 6.42 Å². The van der Waals surface area contributed by atoms with Gasteiger partial charge in [-0.1, -0.05) is 6.92 Å². The molecule has 14 heavy (non-hydrogen) atoms. The van der Waals surface area contributed by atoms with Crippen LogP contribution < -0.4 is 16.6 Å². The van der Waals surface area contributed by atoms with E-state index in [1.165, 1.54) is 0 Å². The molecule has 1 aromatic heterocycles. The highest BCUT2D eigenvalue weighted by Crippen LogP contribution is 1.77. The molecule has 0 radical (unpaired) electrons. The third kappa shape index (κ3) is 2.32. The molecule has 0 aliphatic carbocycles. The highest BCUT2D eigenvalue weighted by molar-refractivity contribution is 5.76. The molecule has 0 aromatic carbocycles. The van der Waals surface area contributed by atoms with E-state index in [4.69, 9.17) is 0 Å². The summed E-state index contributed by atoms with van der Waals surface area (Å²) in [6.45, 7) is 2.39. The molecule has 0 bridgehead atoms. The lowest BCUT2D eigenvalue weighted by atomic mass is 10.5. The van der Waals surface area contributed by atoms with Crippen molar-refractivity contribution in [3.05, 3.63) is 33.1 Å².